The fourth-order valence-electron chi connectivity index (χ4n) is 2.50. The number of hydrogen-bond acceptors (Lipinski definition) is 4. The van der Waals surface area contributed by atoms with Crippen molar-refractivity contribution in [3.05, 3.63) is 66.6 Å². The molecule has 0 radical (unpaired) electrons. The molecule has 1 aromatic carbocycles. The molecule has 0 unspecified atom stereocenters. The van der Waals surface area contributed by atoms with Gasteiger partial charge in [-0.05, 0) is 24.3 Å². The van der Waals surface area contributed by atoms with Crippen molar-refractivity contribution in [3.8, 4) is 11.3 Å². The second-order valence-corrected chi connectivity index (χ2v) is 7.02. The lowest BCUT2D eigenvalue weighted by atomic mass is 10.1. The zero-order chi connectivity index (χ0) is 16.8. The Morgan fingerprint density at radius 1 is 1.12 bits per heavy atom. The molecule has 2 heterocycles. The van der Waals surface area contributed by atoms with Gasteiger partial charge in [-0.3, -0.25) is 13.9 Å². The smallest absolute Gasteiger partial charge is 0.0969 e. The van der Waals surface area contributed by atoms with E-state index in [1.807, 2.05) is 60.4 Å². The highest BCUT2D eigenvalue weighted by Gasteiger charge is 2.10. The first-order chi connectivity index (χ1) is 11.7. The Kier molecular flexibility index (Phi) is 5.51. The molecular formula is C18H20N4OS. The number of rotatable bonds is 7. The van der Waals surface area contributed by atoms with E-state index in [1.165, 1.54) is 0 Å². The van der Waals surface area contributed by atoms with Gasteiger partial charge in [0.05, 0.1) is 16.5 Å². The highest BCUT2D eigenvalue weighted by Crippen LogP contribution is 2.20. The van der Waals surface area contributed by atoms with Crippen molar-refractivity contribution in [2.45, 2.75) is 11.4 Å². The van der Waals surface area contributed by atoms with E-state index in [9.17, 15) is 4.21 Å². The molecule has 0 aliphatic carbocycles. The van der Waals surface area contributed by atoms with E-state index in [0.29, 0.717) is 18.8 Å². The maximum Gasteiger partial charge on any atom is 0.0969 e. The Hall–Kier alpha value is -2.31. The predicted molar refractivity (Wildman–Crippen MR) is 95.9 cm³/mol. The maximum absolute atomic E-state index is 12.2. The van der Waals surface area contributed by atoms with Crippen LogP contribution in [0.1, 0.15) is 5.56 Å². The van der Waals surface area contributed by atoms with Gasteiger partial charge in [0.2, 0.25) is 0 Å². The standard InChI is InChI=1S/C18H20N4OS/c1-22-14-16(18(21-22)15-7-9-19-10-8-15)13-20-11-12-24(23)17-5-3-2-4-6-17/h2-10,14,20H,11-13H2,1H3/t24-/m0/s1. The molecule has 3 aromatic rings. The van der Waals surface area contributed by atoms with Gasteiger partial charge >= 0.3 is 0 Å². The van der Waals surface area contributed by atoms with Gasteiger partial charge in [0.1, 0.15) is 0 Å². The topological polar surface area (TPSA) is 59.8 Å². The number of nitrogens with one attached hydrogen (secondary N) is 1. The molecule has 24 heavy (non-hydrogen) atoms. The van der Waals surface area contributed by atoms with Crippen LogP contribution >= 0.6 is 0 Å². The molecule has 0 aliphatic rings. The van der Waals surface area contributed by atoms with Crippen LogP contribution in [-0.2, 0) is 24.4 Å². The first-order valence-corrected chi connectivity index (χ1v) is 9.13. The van der Waals surface area contributed by atoms with Crippen molar-refractivity contribution < 1.29 is 4.21 Å². The lowest BCUT2D eigenvalue weighted by Crippen LogP contribution is -2.20. The summed E-state index contributed by atoms with van der Waals surface area (Å²) < 4.78 is 14.0. The van der Waals surface area contributed by atoms with Crippen LogP contribution in [0.15, 0.2) is 66.0 Å². The van der Waals surface area contributed by atoms with Crippen molar-refractivity contribution >= 4 is 10.8 Å². The van der Waals surface area contributed by atoms with Crippen molar-refractivity contribution in [2.75, 3.05) is 12.3 Å². The normalized spacial score (nSPS) is 12.2. The molecule has 3 rings (SSSR count). The lowest BCUT2D eigenvalue weighted by molar-refractivity contribution is 0.673. The summed E-state index contributed by atoms with van der Waals surface area (Å²) in [7, 11) is 0.946. The van der Waals surface area contributed by atoms with E-state index >= 15 is 0 Å². The average Bonchev–Trinajstić information content (AvgIpc) is 3.01. The van der Waals surface area contributed by atoms with E-state index in [0.717, 1.165) is 21.7 Å². The lowest BCUT2D eigenvalue weighted by Gasteiger charge is -2.06. The van der Waals surface area contributed by atoms with E-state index in [4.69, 9.17) is 0 Å². The van der Waals surface area contributed by atoms with Crippen molar-refractivity contribution in [3.63, 3.8) is 0 Å². The number of hydrogen-bond donors (Lipinski definition) is 1. The van der Waals surface area contributed by atoms with Crippen LogP contribution in [-0.4, -0.2) is 31.3 Å². The molecule has 124 valence electrons. The largest absolute Gasteiger partial charge is 0.312 e. The summed E-state index contributed by atoms with van der Waals surface area (Å²) in [4.78, 5) is 4.92. The molecule has 0 bridgehead atoms. The molecule has 2 aromatic heterocycles. The van der Waals surface area contributed by atoms with Crippen molar-refractivity contribution in [1.29, 1.82) is 0 Å². The summed E-state index contributed by atoms with van der Waals surface area (Å²) in [6.07, 6.45) is 5.55. The zero-order valence-electron chi connectivity index (χ0n) is 13.6. The maximum atomic E-state index is 12.2. The minimum atomic E-state index is -0.969. The minimum Gasteiger partial charge on any atom is -0.312 e. The van der Waals surface area contributed by atoms with E-state index < -0.39 is 10.8 Å². The van der Waals surface area contributed by atoms with Gasteiger partial charge in [-0.2, -0.15) is 5.10 Å². The van der Waals surface area contributed by atoms with E-state index in [-0.39, 0.29) is 0 Å². The Morgan fingerprint density at radius 2 is 1.88 bits per heavy atom. The van der Waals surface area contributed by atoms with Crippen molar-refractivity contribution in [2.24, 2.45) is 7.05 Å². The molecule has 1 atom stereocenters. The Morgan fingerprint density at radius 3 is 2.62 bits per heavy atom. The van der Waals surface area contributed by atoms with Gasteiger partial charge in [-0.25, -0.2) is 0 Å². The number of aromatic nitrogens is 3. The Bertz CT molecular complexity index is 802. The number of aryl methyl sites for hydroxylation is 1. The third kappa shape index (κ3) is 4.15. The first-order valence-electron chi connectivity index (χ1n) is 7.81. The van der Waals surface area contributed by atoms with Crippen LogP contribution in [0, 0.1) is 0 Å². The van der Waals surface area contributed by atoms with E-state index in [2.05, 4.69) is 15.4 Å². The molecule has 5 nitrogen and oxygen atoms in total. The molecule has 0 saturated carbocycles. The van der Waals surface area contributed by atoms with Crippen molar-refractivity contribution in [1.82, 2.24) is 20.1 Å². The predicted octanol–water partition coefficient (Wildman–Crippen LogP) is 2.38. The zero-order valence-corrected chi connectivity index (χ0v) is 14.4. The van der Waals surface area contributed by atoms with Gasteiger partial charge in [-0.15, -0.1) is 0 Å². The van der Waals surface area contributed by atoms with Crippen LogP contribution in [0.3, 0.4) is 0 Å². The highest BCUT2D eigenvalue weighted by atomic mass is 32.2. The van der Waals surface area contributed by atoms with Gasteiger partial charge in [0.25, 0.3) is 0 Å². The number of nitrogens with zero attached hydrogens (tertiary/aromatic N) is 3. The van der Waals surface area contributed by atoms with Crippen LogP contribution in [0.25, 0.3) is 11.3 Å². The summed E-state index contributed by atoms with van der Waals surface area (Å²) >= 11 is 0. The molecule has 0 fully saturated rings. The Labute approximate surface area is 144 Å². The van der Waals surface area contributed by atoms with Crippen LogP contribution in [0.5, 0.6) is 0 Å². The summed E-state index contributed by atoms with van der Waals surface area (Å²) in [6, 6.07) is 13.5. The average molecular weight is 340 g/mol. The fraction of sp³-hybridized carbons (Fsp3) is 0.222. The van der Waals surface area contributed by atoms with Crippen LogP contribution < -0.4 is 5.32 Å². The van der Waals surface area contributed by atoms with Crippen LogP contribution in [0.4, 0.5) is 0 Å². The molecular weight excluding hydrogens is 320 g/mol. The molecule has 0 saturated heterocycles. The third-order valence-electron chi connectivity index (χ3n) is 3.64. The Balaban J connectivity index is 1.57. The van der Waals surface area contributed by atoms with Crippen LogP contribution in [0.2, 0.25) is 0 Å². The summed E-state index contributed by atoms with van der Waals surface area (Å²) in [5.41, 5.74) is 3.13. The summed E-state index contributed by atoms with van der Waals surface area (Å²) in [5.74, 6) is 0.592. The highest BCUT2D eigenvalue weighted by molar-refractivity contribution is 7.85. The molecule has 0 aliphatic heterocycles. The molecule has 6 heteroatoms. The molecule has 0 spiro atoms. The minimum absolute atomic E-state index is 0.592. The fourth-order valence-corrected chi connectivity index (χ4v) is 3.52. The number of benzene rings is 1. The first kappa shape index (κ1) is 16.5. The summed E-state index contributed by atoms with van der Waals surface area (Å²) in [6.45, 7) is 1.38. The van der Waals surface area contributed by atoms with Gasteiger partial charge in [-0.1, -0.05) is 18.2 Å². The second kappa shape index (κ2) is 7.99. The summed E-state index contributed by atoms with van der Waals surface area (Å²) in [5, 5.41) is 7.90. The van der Waals surface area contributed by atoms with Gasteiger partial charge in [0, 0.05) is 60.5 Å². The van der Waals surface area contributed by atoms with Gasteiger partial charge in [0.15, 0.2) is 0 Å². The third-order valence-corrected chi connectivity index (χ3v) is 5.02. The SMILES string of the molecule is Cn1cc(CNCC[S@](=O)c2ccccc2)c(-c2ccncc2)n1. The van der Waals surface area contributed by atoms with E-state index in [1.54, 1.807) is 12.4 Å². The number of pyridine rings is 1. The monoisotopic (exact) mass is 340 g/mol. The van der Waals surface area contributed by atoms with Gasteiger partial charge < -0.3 is 5.32 Å². The molecule has 0 amide bonds. The quantitative estimate of drug-likeness (QED) is 0.671. The molecule has 1 N–H and O–H groups in total. The second-order valence-electron chi connectivity index (χ2n) is 5.45.